The van der Waals surface area contributed by atoms with Crippen LogP contribution >= 0.6 is 0 Å². The average Bonchev–Trinajstić information content (AvgIpc) is 3.02. The maximum atomic E-state index is 12.2. The summed E-state index contributed by atoms with van der Waals surface area (Å²) in [4.78, 5) is 30.7. The lowest BCUT2D eigenvalue weighted by Crippen LogP contribution is -2.41. The lowest BCUT2D eigenvalue weighted by molar-refractivity contribution is -0.120. The van der Waals surface area contributed by atoms with E-state index >= 15 is 0 Å². The number of hydrogen-bond acceptors (Lipinski definition) is 4. The van der Waals surface area contributed by atoms with Crippen molar-refractivity contribution < 1.29 is 9.90 Å². The van der Waals surface area contributed by atoms with Gasteiger partial charge >= 0.3 is 5.69 Å². The lowest BCUT2D eigenvalue weighted by Gasteiger charge is -2.22. The maximum Gasteiger partial charge on any atom is 0.323 e. The van der Waals surface area contributed by atoms with Crippen molar-refractivity contribution in [3.8, 4) is 0 Å². The van der Waals surface area contributed by atoms with Gasteiger partial charge in [-0.25, -0.2) is 4.79 Å². The van der Waals surface area contributed by atoms with Gasteiger partial charge in [0.1, 0.15) is 0 Å². The van der Waals surface area contributed by atoms with Crippen molar-refractivity contribution in [2.75, 3.05) is 18.4 Å². The van der Waals surface area contributed by atoms with Gasteiger partial charge in [-0.3, -0.25) is 9.69 Å². The van der Waals surface area contributed by atoms with E-state index in [0.717, 1.165) is 6.54 Å². The number of imidazole rings is 1. The van der Waals surface area contributed by atoms with Crippen LogP contribution in [0.1, 0.15) is 13.3 Å². The molecule has 1 aromatic carbocycles. The monoisotopic (exact) mass is 290 g/mol. The Morgan fingerprint density at radius 2 is 2.19 bits per heavy atom. The lowest BCUT2D eigenvalue weighted by atomic mass is 10.2. The molecule has 3 rings (SSSR count). The average molecular weight is 290 g/mol. The molecule has 1 saturated heterocycles. The molecule has 2 atom stereocenters. The number of amides is 1. The van der Waals surface area contributed by atoms with Crippen LogP contribution in [0.3, 0.4) is 0 Å². The summed E-state index contributed by atoms with van der Waals surface area (Å²) in [5, 5.41) is 12.4. The minimum Gasteiger partial charge on any atom is -0.392 e. The van der Waals surface area contributed by atoms with Gasteiger partial charge < -0.3 is 20.4 Å². The highest BCUT2D eigenvalue weighted by Gasteiger charge is 2.28. The first-order valence-electron chi connectivity index (χ1n) is 6.98. The van der Waals surface area contributed by atoms with Crippen molar-refractivity contribution in [3.63, 3.8) is 0 Å². The summed E-state index contributed by atoms with van der Waals surface area (Å²) in [7, 11) is 0. The van der Waals surface area contributed by atoms with Crippen LogP contribution in [-0.4, -0.2) is 51.1 Å². The molecule has 1 aromatic heterocycles. The number of fused-ring (bicyclic) bond motifs is 1. The van der Waals surface area contributed by atoms with Crippen LogP contribution < -0.4 is 11.0 Å². The van der Waals surface area contributed by atoms with Gasteiger partial charge in [0.2, 0.25) is 5.91 Å². The first kappa shape index (κ1) is 13.8. The van der Waals surface area contributed by atoms with Gasteiger partial charge in [0.05, 0.1) is 23.2 Å². The molecule has 0 bridgehead atoms. The summed E-state index contributed by atoms with van der Waals surface area (Å²) >= 11 is 0. The van der Waals surface area contributed by atoms with Gasteiger partial charge in [-0.2, -0.15) is 0 Å². The smallest absolute Gasteiger partial charge is 0.323 e. The Labute approximate surface area is 121 Å². The Kier molecular flexibility index (Phi) is 3.52. The zero-order valence-corrected chi connectivity index (χ0v) is 11.7. The number of aliphatic hydroxyl groups is 1. The van der Waals surface area contributed by atoms with E-state index in [2.05, 4.69) is 15.3 Å². The molecule has 0 aliphatic carbocycles. The second-order valence-electron chi connectivity index (χ2n) is 5.44. The molecule has 112 valence electrons. The zero-order valence-electron chi connectivity index (χ0n) is 11.7. The first-order chi connectivity index (χ1) is 10.0. The van der Waals surface area contributed by atoms with E-state index in [-0.39, 0.29) is 23.7 Å². The Balaban J connectivity index is 1.71. The summed E-state index contributed by atoms with van der Waals surface area (Å²) < 4.78 is 0. The van der Waals surface area contributed by atoms with E-state index in [4.69, 9.17) is 0 Å². The second-order valence-corrected chi connectivity index (χ2v) is 5.44. The second kappa shape index (κ2) is 5.34. The molecule has 1 aliphatic rings. The normalized spacial score (nSPS) is 20.8. The molecule has 2 heterocycles. The summed E-state index contributed by atoms with van der Waals surface area (Å²) in [6.07, 6.45) is 0.357. The molecule has 7 nitrogen and oxygen atoms in total. The van der Waals surface area contributed by atoms with Crippen molar-refractivity contribution in [2.24, 2.45) is 0 Å². The molecule has 1 amide bonds. The molecule has 4 N–H and O–H groups in total. The van der Waals surface area contributed by atoms with Crippen LogP contribution in [0.2, 0.25) is 0 Å². The number of H-pyrrole nitrogens is 2. The number of aliphatic hydroxyl groups excluding tert-OH is 1. The van der Waals surface area contributed by atoms with Crippen molar-refractivity contribution in [1.29, 1.82) is 0 Å². The maximum absolute atomic E-state index is 12.2. The fourth-order valence-electron chi connectivity index (χ4n) is 2.64. The summed E-state index contributed by atoms with van der Waals surface area (Å²) in [6, 6.07) is 4.91. The van der Waals surface area contributed by atoms with E-state index in [9.17, 15) is 14.7 Å². The van der Waals surface area contributed by atoms with Crippen LogP contribution in [0.4, 0.5) is 5.69 Å². The third kappa shape index (κ3) is 2.84. The number of hydrogen-bond donors (Lipinski definition) is 4. The van der Waals surface area contributed by atoms with Crippen LogP contribution in [0, 0.1) is 0 Å². The molecule has 0 radical (unpaired) electrons. The molecule has 0 saturated carbocycles. The predicted molar refractivity (Wildman–Crippen MR) is 79.2 cm³/mol. The number of aromatic amines is 2. The van der Waals surface area contributed by atoms with Crippen LogP contribution in [0.5, 0.6) is 0 Å². The van der Waals surface area contributed by atoms with Crippen LogP contribution in [0.25, 0.3) is 11.0 Å². The van der Waals surface area contributed by atoms with Gasteiger partial charge in [0.15, 0.2) is 0 Å². The number of aromatic nitrogens is 2. The van der Waals surface area contributed by atoms with Crippen LogP contribution in [0.15, 0.2) is 23.0 Å². The number of carbonyl (C=O) groups is 1. The number of anilines is 1. The summed E-state index contributed by atoms with van der Waals surface area (Å²) in [6.45, 7) is 3.07. The van der Waals surface area contributed by atoms with E-state index in [1.807, 2.05) is 11.8 Å². The minimum absolute atomic E-state index is 0.124. The molecule has 21 heavy (non-hydrogen) atoms. The van der Waals surface area contributed by atoms with Gasteiger partial charge in [-0.05, 0) is 31.5 Å². The van der Waals surface area contributed by atoms with Crippen molar-refractivity contribution >= 4 is 22.6 Å². The zero-order chi connectivity index (χ0) is 15.0. The van der Waals surface area contributed by atoms with Gasteiger partial charge in [-0.1, -0.05) is 0 Å². The van der Waals surface area contributed by atoms with Gasteiger partial charge in [0.25, 0.3) is 0 Å². The SMILES string of the molecule is CC(C(=O)Nc1ccc2[nH]c(=O)[nH]c2c1)N1CC[C@H](O)C1. The van der Waals surface area contributed by atoms with Crippen molar-refractivity contribution in [2.45, 2.75) is 25.5 Å². The Morgan fingerprint density at radius 1 is 1.43 bits per heavy atom. The van der Waals surface area contributed by atoms with Crippen molar-refractivity contribution in [3.05, 3.63) is 28.7 Å². The number of β-amino-alcohol motifs (C(OH)–C–C–N with tert-alkyl or cyclic N) is 1. The fraction of sp³-hybridized carbons (Fsp3) is 0.429. The highest BCUT2D eigenvalue weighted by molar-refractivity contribution is 5.96. The Hall–Kier alpha value is -2.12. The predicted octanol–water partition coefficient (Wildman–Crippen LogP) is 0.250. The highest BCUT2D eigenvalue weighted by atomic mass is 16.3. The highest BCUT2D eigenvalue weighted by Crippen LogP contribution is 2.17. The molecular weight excluding hydrogens is 272 g/mol. The standard InChI is InChI=1S/C14H18N4O3/c1-8(18-5-4-10(19)7-18)13(20)15-9-2-3-11-12(6-9)17-14(21)16-11/h2-3,6,8,10,19H,4-5,7H2,1H3,(H,15,20)(H2,16,17,21)/t8?,10-/m0/s1. The molecule has 0 spiro atoms. The van der Waals surface area contributed by atoms with Crippen molar-refractivity contribution in [1.82, 2.24) is 14.9 Å². The largest absolute Gasteiger partial charge is 0.392 e. The fourth-order valence-corrected chi connectivity index (χ4v) is 2.64. The minimum atomic E-state index is -0.346. The van der Waals surface area contributed by atoms with E-state index in [0.29, 0.717) is 29.7 Å². The molecule has 1 fully saturated rings. The third-order valence-corrected chi connectivity index (χ3v) is 3.91. The number of likely N-dealkylation sites (tertiary alicyclic amines) is 1. The van der Waals surface area contributed by atoms with Gasteiger partial charge in [-0.15, -0.1) is 0 Å². The van der Waals surface area contributed by atoms with E-state index in [1.165, 1.54) is 0 Å². The topological polar surface area (TPSA) is 101 Å². The van der Waals surface area contributed by atoms with Gasteiger partial charge in [0, 0.05) is 18.8 Å². The Morgan fingerprint density at radius 3 is 2.90 bits per heavy atom. The van der Waals surface area contributed by atoms with E-state index < -0.39 is 0 Å². The third-order valence-electron chi connectivity index (χ3n) is 3.91. The molecular formula is C14H18N4O3. The molecule has 1 unspecified atom stereocenters. The number of nitrogens with one attached hydrogen (secondary N) is 3. The number of carbonyl (C=O) groups excluding carboxylic acids is 1. The molecule has 2 aromatic rings. The molecule has 1 aliphatic heterocycles. The number of benzene rings is 1. The molecule has 7 heteroatoms. The quantitative estimate of drug-likeness (QED) is 0.651. The Bertz CT molecular complexity index is 720. The van der Waals surface area contributed by atoms with Crippen LogP contribution in [-0.2, 0) is 4.79 Å². The number of nitrogens with zero attached hydrogens (tertiary/aromatic N) is 1. The first-order valence-corrected chi connectivity index (χ1v) is 6.98. The summed E-state index contributed by atoms with van der Waals surface area (Å²) in [5.74, 6) is -0.124. The summed E-state index contributed by atoms with van der Waals surface area (Å²) in [5.41, 5.74) is 1.72. The number of rotatable bonds is 3. The van der Waals surface area contributed by atoms with E-state index in [1.54, 1.807) is 18.2 Å².